The Morgan fingerprint density at radius 1 is 1.67 bits per heavy atom. The number of hydrogen-bond acceptors (Lipinski definition) is 3. The van der Waals surface area contributed by atoms with Gasteiger partial charge in [-0.15, -0.1) is 0 Å². The first-order valence-corrected chi connectivity index (χ1v) is 5.21. The molecule has 5 heteroatoms. The predicted octanol–water partition coefficient (Wildman–Crippen LogP) is 0.429. The standard InChI is InChI=1S/C10H18N4O/c1-3-9(10(11)15)14-6-8(13-7-14)5-12-4-2/h6-7,9,12H,3-5H2,1-2H3,(H2,11,15). The first kappa shape index (κ1) is 11.7. The van der Waals surface area contributed by atoms with E-state index in [0.29, 0.717) is 6.42 Å². The summed E-state index contributed by atoms with van der Waals surface area (Å²) in [6.07, 6.45) is 4.21. The average molecular weight is 210 g/mol. The van der Waals surface area contributed by atoms with Crippen LogP contribution in [0.3, 0.4) is 0 Å². The lowest BCUT2D eigenvalue weighted by atomic mass is 10.2. The summed E-state index contributed by atoms with van der Waals surface area (Å²) in [5.41, 5.74) is 6.21. The highest BCUT2D eigenvalue weighted by molar-refractivity contribution is 5.78. The van der Waals surface area contributed by atoms with Crippen molar-refractivity contribution in [1.29, 1.82) is 0 Å². The number of nitrogens with two attached hydrogens (primary N) is 1. The Kier molecular flexibility index (Phi) is 4.30. The molecule has 0 fully saturated rings. The summed E-state index contributed by atoms with van der Waals surface area (Å²) < 4.78 is 1.77. The lowest BCUT2D eigenvalue weighted by Gasteiger charge is -2.11. The number of amides is 1. The minimum Gasteiger partial charge on any atom is -0.368 e. The van der Waals surface area contributed by atoms with Gasteiger partial charge in [0.1, 0.15) is 6.04 Å². The summed E-state index contributed by atoms with van der Waals surface area (Å²) in [4.78, 5) is 15.3. The van der Waals surface area contributed by atoms with Crippen molar-refractivity contribution in [2.45, 2.75) is 32.9 Å². The van der Waals surface area contributed by atoms with Gasteiger partial charge in [-0.3, -0.25) is 4.79 Å². The maximum Gasteiger partial charge on any atom is 0.240 e. The molecule has 0 aliphatic rings. The van der Waals surface area contributed by atoms with Gasteiger partial charge in [-0.05, 0) is 13.0 Å². The number of rotatable bonds is 6. The van der Waals surface area contributed by atoms with Gasteiger partial charge < -0.3 is 15.6 Å². The van der Waals surface area contributed by atoms with E-state index in [2.05, 4.69) is 10.3 Å². The minimum atomic E-state index is -0.315. The molecule has 0 saturated heterocycles. The van der Waals surface area contributed by atoms with E-state index in [1.807, 2.05) is 20.0 Å². The maximum atomic E-state index is 11.1. The topological polar surface area (TPSA) is 72.9 Å². The Morgan fingerprint density at radius 2 is 2.40 bits per heavy atom. The molecule has 0 aromatic carbocycles. The van der Waals surface area contributed by atoms with Gasteiger partial charge in [0, 0.05) is 12.7 Å². The third-order valence-corrected chi connectivity index (χ3v) is 2.29. The smallest absolute Gasteiger partial charge is 0.240 e. The van der Waals surface area contributed by atoms with Crippen LogP contribution in [0.25, 0.3) is 0 Å². The number of primary amides is 1. The van der Waals surface area contributed by atoms with Crippen molar-refractivity contribution in [1.82, 2.24) is 14.9 Å². The fourth-order valence-electron chi connectivity index (χ4n) is 1.45. The molecule has 1 atom stereocenters. The molecule has 84 valence electrons. The molecule has 1 amide bonds. The molecule has 0 radical (unpaired) electrons. The van der Waals surface area contributed by atoms with Crippen molar-refractivity contribution in [2.24, 2.45) is 5.73 Å². The van der Waals surface area contributed by atoms with Crippen LogP contribution in [-0.2, 0) is 11.3 Å². The van der Waals surface area contributed by atoms with Gasteiger partial charge in [-0.25, -0.2) is 4.98 Å². The van der Waals surface area contributed by atoms with E-state index in [4.69, 9.17) is 5.73 Å². The van der Waals surface area contributed by atoms with Crippen molar-refractivity contribution in [3.05, 3.63) is 18.2 Å². The van der Waals surface area contributed by atoms with Crippen molar-refractivity contribution in [2.75, 3.05) is 6.54 Å². The van der Waals surface area contributed by atoms with Gasteiger partial charge in [0.05, 0.1) is 12.0 Å². The van der Waals surface area contributed by atoms with Gasteiger partial charge in [0.25, 0.3) is 0 Å². The molecule has 0 spiro atoms. The molecule has 1 rings (SSSR count). The molecule has 0 bridgehead atoms. The molecule has 0 aliphatic heterocycles. The Balaban J connectivity index is 2.69. The van der Waals surface area contributed by atoms with E-state index in [9.17, 15) is 4.79 Å². The van der Waals surface area contributed by atoms with Crippen LogP contribution in [0.15, 0.2) is 12.5 Å². The second kappa shape index (κ2) is 5.50. The van der Waals surface area contributed by atoms with Crippen LogP contribution in [-0.4, -0.2) is 22.0 Å². The van der Waals surface area contributed by atoms with Crippen LogP contribution >= 0.6 is 0 Å². The summed E-state index contributed by atoms with van der Waals surface area (Å²) in [7, 11) is 0. The lowest BCUT2D eigenvalue weighted by Crippen LogP contribution is -2.25. The molecule has 1 heterocycles. The van der Waals surface area contributed by atoms with E-state index in [1.54, 1.807) is 10.9 Å². The number of carbonyl (C=O) groups excluding carboxylic acids is 1. The largest absolute Gasteiger partial charge is 0.368 e. The number of imidazole rings is 1. The van der Waals surface area contributed by atoms with E-state index >= 15 is 0 Å². The van der Waals surface area contributed by atoms with E-state index in [0.717, 1.165) is 18.8 Å². The maximum absolute atomic E-state index is 11.1. The van der Waals surface area contributed by atoms with Gasteiger partial charge in [0.15, 0.2) is 0 Å². The van der Waals surface area contributed by atoms with E-state index in [-0.39, 0.29) is 11.9 Å². The molecule has 1 aromatic rings. The normalized spacial score (nSPS) is 12.7. The SMILES string of the molecule is CCNCc1cn(C(CC)C(N)=O)cn1. The third kappa shape index (κ3) is 3.06. The summed E-state index contributed by atoms with van der Waals surface area (Å²) in [5, 5.41) is 3.17. The molecule has 3 N–H and O–H groups in total. The second-order valence-electron chi connectivity index (χ2n) is 3.42. The summed E-state index contributed by atoms with van der Waals surface area (Å²) >= 11 is 0. The first-order valence-electron chi connectivity index (χ1n) is 5.21. The molecular weight excluding hydrogens is 192 g/mol. The number of carbonyl (C=O) groups is 1. The van der Waals surface area contributed by atoms with Gasteiger partial charge in [-0.2, -0.15) is 0 Å². The number of hydrogen-bond donors (Lipinski definition) is 2. The number of nitrogens with one attached hydrogen (secondary N) is 1. The van der Waals surface area contributed by atoms with Crippen LogP contribution in [0.4, 0.5) is 0 Å². The summed E-state index contributed by atoms with van der Waals surface area (Å²) in [6, 6.07) is -0.284. The quantitative estimate of drug-likeness (QED) is 0.715. The highest BCUT2D eigenvalue weighted by Gasteiger charge is 2.14. The Hall–Kier alpha value is -1.36. The summed E-state index contributed by atoms with van der Waals surface area (Å²) in [5.74, 6) is -0.315. The molecule has 5 nitrogen and oxygen atoms in total. The average Bonchev–Trinajstić information content (AvgIpc) is 2.64. The highest BCUT2D eigenvalue weighted by atomic mass is 16.1. The van der Waals surface area contributed by atoms with Crippen LogP contribution in [0.5, 0.6) is 0 Å². The zero-order chi connectivity index (χ0) is 11.3. The molecule has 1 unspecified atom stereocenters. The second-order valence-corrected chi connectivity index (χ2v) is 3.42. The van der Waals surface area contributed by atoms with Crippen molar-refractivity contribution in [3.63, 3.8) is 0 Å². The zero-order valence-corrected chi connectivity index (χ0v) is 9.23. The Morgan fingerprint density at radius 3 is 2.93 bits per heavy atom. The van der Waals surface area contributed by atoms with Gasteiger partial charge in [-0.1, -0.05) is 13.8 Å². The van der Waals surface area contributed by atoms with Crippen LogP contribution in [0.1, 0.15) is 32.0 Å². The van der Waals surface area contributed by atoms with Crippen LogP contribution in [0, 0.1) is 0 Å². The fourth-order valence-corrected chi connectivity index (χ4v) is 1.45. The van der Waals surface area contributed by atoms with E-state index < -0.39 is 0 Å². The fraction of sp³-hybridized carbons (Fsp3) is 0.600. The monoisotopic (exact) mass is 210 g/mol. The lowest BCUT2D eigenvalue weighted by molar-refractivity contribution is -0.121. The summed E-state index contributed by atoms with van der Waals surface area (Å²) in [6.45, 7) is 5.59. The Labute approximate surface area is 89.7 Å². The van der Waals surface area contributed by atoms with Crippen molar-refractivity contribution < 1.29 is 4.79 Å². The van der Waals surface area contributed by atoms with Crippen molar-refractivity contribution in [3.8, 4) is 0 Å². The van der Waals surface area contributed by atoms with Gasteiger partial charge in [0.2, 0.25) is 5.91 Å². The Bertz CT molecular complexity index is 321. The van der Waals surface area contributed by atoms with E-state index in [1.165, 1.54) is 0 Å². The zero-order valence-electron chi connectivity index (χ0n) is 9.23. The number of aromatic nitrogens is 2. The molecule has 0 saturated carbocycles. The van der Waals surface area contributed by atoms with Crippen LogP contribution in [0.2, 0.25) is 0 Å². The molecule has 1 aromatic heterocycles. The molecule has 15 heavy (non-hydrogen) atoms. The highest BCUT2D eigenvalue weighted by Crippen LogP contribution is 2.10. The number of nitrogens with zero attached hydrogens (tertiary/aromatic N) is 2. The molecule has 0 aliphatic carbocycles. The first-order chi connectivity index (χ1) is 7.19. The molecular formula is C10H18N4O. The van der Waals surface area contributed by atoms with Gasteiger partial charge >= 0.3 is 0 Å². The predicted molar refractivity (Wildman–Crippen MR) is 58.1 cm³/mol. The van der Waals surface area contributed by atoms with Crippen molar-refractivity contribution >= 4 is 5.91 Å². The minimum absolute atomic E-state index is 0.284. The van der Waals surface area contributed by atoms with Crippen LogP contribution < -0.4 is 11.1 Å². The third-order valence-electron chi connectivity index (χ3n) is 2.29.